The molecule has 1 unspecified atom stereocenters. The van der Waals surface area contributed by atoms with Crippen molar-refractivity contribution in [3.05, 3.63) is 77.0 Å². The first-order chi connectivity index (χ1) is 14.5. The summed E-state index contributed by atoms with van der Waals surface area (Å²) >= 11 is 0. The van der Waals surface area contributed by atoms with Gasteiger partial charge in [-0.3, -0.25) is 9.78 Å². The molecule has 0 N–H and O–H groups in total. The van der Waals surface area contributed by atoms with E-state index in [1.54, 1.807) is 11.9 Å². The molecular weight excluding hydrogens is 376 g/mol. The number of esters is 1. The van der Waals surface area contributed by atoms with Crippen LogP contribution in [0.15, 0.2) is 54.6 Å². The SMILES string of the molecule is CC1CCc2nc3ccccc3c(C(=O)OCC(=O)N(C)Cc3ccccc3)c2C1. The summed E-state index contributed by atoms with van der Waals surface area (Å²) in [5.41, 5.74) is 4.35. The topological polar surface area (TPSA) is 59.5 Å². The van der Waals surface area contributed by atoms with Crippen molar-refractivity contribution in [2.24, 2.45) is 5.92 Å². The predicted molar refractivity (Wildman–Crippen MR) is 116 cm³/mol. The molecule has 0 spiro atoms. The van der Waals surface area contributed by atoms with Gasteiger partial charge in [0.25, 0.3) is 5.91 Å². The molecule has 1 amide bonds. The Bertz CT molecular complexity index is 1080. The maximum Gasteiger partial charge on any atom is 0.339 e. The van der Waals surface area contributed by atoms with Gasteiger partial charge in [0.1, 0.15) is 0 Å². The highest BCUT2D eigenvalue weighted by atomic mass is 16.5. The second kappa shape index (κ2) is 8.66. The summed E-state index contributed by atoms with van der Waals surface area (Å²) in [5, 5.41) is 0.792. The van der Waals surface area contributed by atoms with Gasteiger partial charge in [0, 0.05) is 24.7 Å². The Morgan fingerprint density at radius 3 is 2.63 bits per heavy atom. The summed E-state index contributed by atoms with van der Waals surface area (Å²) in [6, 6.07) is 17.4. The zero-order valence-electron chi connectivity index (χ0n) is 17.4. The molecule has 0 saturated heterocycles. The van der Waals surface area contributed by atoms with Crippen molar-refractivity contribution in [1.82, 2.24) is 9.88 Å². The fourth-order valence-electron chi connectivity index (χ4n) is 4.05. The van der Waals surface area contributed by atoms with Gasteiger partial charge in [0.2, 0.25) is 0 Å². The minimum Gasteiger partial charge on any atom is -0.452 e. The standard InChI is InChI=1S/C25H26N2O3/c1-17-12-13-22-20(14-17)24(19-10-6-7-11-21(19)26-22)25(29)30-16-23(28)27(2)15-18-8-4-3-5-9-18/h3-11,17H,12-16H2,1-2H3. The minimum absolute atomic E-state index is 0.229. The third kappa shape index (κ3) is 4.20. The quantitative estimate of drug-likeness (QED) is 0.601. The summed E-state index contributed by atoms with van der Waals surface area (Å²) in [7, 11) is 1.72. The predicted octanol–water partition coefficient (Wildman–Crippen LogP) is 4.18. The van der Waals surface area contributed by atoms with Crippen LogP contribution in [0.3, 0.4) is 0 Å². The van der Waals surface area contributed by atoms with Gasteiger partial charge >= 0.3 is 5.97 Å². The number of carbonyl (C=O) groups is 2. The Kier molecular flexibility index (Phi) is 5.79. The monoisotopic (exact) mass is 402 g/mol. The fourth-order valence-corrected chi connectivity index (χ4v) is 4.05. The molecule has 4 rings (SSSR count). The number of amides is 1. The average molecular weight is 402 g/mol. The summed E-state index contributed by atoms with van der Waals surface area (Å²) in [4.78, 5) is 32.0. The van der Waals surface area contributed by atoms with Crippen LogP contribution in [0, 0.1) is 5.92 Å². The normalized spacial score (nSPS) is 15.5. The van der Waals surface area contributed by atoms with E-state index in [-0.39, 0.29) is 12.5 Å². The third-order valence-corrected chi connectivity index (χ3v) is 5.72. The first-order valence-electron chi connectivity index (χ1n) is 10.4. The largest absolute Gasteiger partial charge is 0.452 e. The molecule has 1 aliphatic carbocycles. The van der Waals surface area contributed by atoms with E-state index >= 15 is 0 Å². The number of rotatable bonds is 5. The van der Waals surface area contributed by atoms with Gasteiger partial charge in [0.05, 0.1) is 11.1 Å². The molecular formula is C25H26N2O3. The highest BCUT2D eigenvalue weighted by molar-refractivity contribution is 6.05. The molecule has 30 heavy (non-hydrogen) atoms. The summed E-state index contributed by atoms with van der Waals surface area (Å²) in [5.74, 6) is -0.182. The van der Waals surface area contributed by atoms with Crippen LogP contribution in [0.4, 0.5) is 0 Å². The maximum absolute atomic E-state index is 13.1. The number of carbonyl (C=O) groups excluding carboxylic acids is 2. The number of fused-ring (bicyclic) bond motifs is 2. The van der Waals surface area contributed by atoms with Crippen LogP contribution in [0.5, 0.6) is 0 Å². The lowest BCUT2D eigenvalue weighted by molar-refractivity contribution is -0.133. The van der Waals surface area contributed by atoms with E-state index in [9.17, 15) is 9.59 Å². The number of para-hydroxylation sites is 1. The maximum atomic E-state index is 13.1. The number of aryl methyl sites for hydroxylation is 1. The van der Waals surface area contributed by atoms with E-state index in [0.29, 0.717) is 18.0 Å². The van der Waals surface area contributed by atoms with E-state index in [1.165, 1.54) is 0 Å². The van der Waals surface area contributed by atoms with Crippen molar-refractivity contribution >= 4 is 22.8 Å². The molecule has 5 nitrogen and oxygen atoms in total. The second-order valence-electron chi connectivity index (χ2n) is 8.09. The van der Waals surface area contributed by atoms with Crippen molar-refractivity contribution < 1.29 is 14.3 Å². The number of hydrogen-bond acceptors (Lipinski definition) is 4. The summed E-state index contributed by atoms with van der Waals surface area (Å²) in [6.45, 7) is 2.39. The molecule has 2 aromatic carbocycles. The van der Waals surface area contributed by atoms with E-state index in [2.05, 4.69) is 6.92 Å². The molecule has 0 fully saturated rings. The minimum atomic E-state index is -0.444. The van der Waals surface area contributed by atoms with Crippen molar-refractivity contribution in [1.29, 1.82) is 0 Å². The molecule has 1 aliphatic rings. The van der Waals surface area contributed by atoms with Crippen molar-refractivity contribution in [3.63, 3.8) is 0 Å². The molecule has 0 radical (unpaired) electrons. The highest BCUT2D eigenvalue weighted by Gasteiger charge is 2.26. The van der Waals surface area contributed by atoms with E-state index < -0.39 is 5.97 Å². The van der Waals surface area contributed by atoms with Crippen LogP contribution < -0.4 is 0 Å². The first kappa shape index (κ1) is 20.1. The number of ether oxygens (including phenoxy) is 1. The smallest absolute Gasteiger partial charge is 0.339 e. The number of pyridine rings is 1. The zero-order chi connectivity index (χ0) is 21.1. The summed E-state index contributed by atoms with van der Waals surface area (Å²) in [6.07, 6.45) is 2.73. The van der Waals surface area contributed by atoms with Gasteiger partial charge in [-0.15, -0.1) is 0 Å². The molecule has 3 aromatic rings. The van der Waals surface area contributed by atoms with Crippen molar-refractivity contribution in [2.75, 3.05) is 13.7 Å². The third-order valence-electron chi connectivity index (χ3n) is 5.72. The summed E-state index contributed by atoms with van der Waals surface area (Å²) < 4.78 is 5.50. The first-order valence-corrected chi connectivity index (χ1v) is 10.4. The number of aromatic nitrogens is 1. The fraction of sp³-hybridized carbons (Fsp3) is 0.320. The Morgan fingerprint density at radius 2 is 1.83 bits per heavy atom. The Morgan fingerprint density at radius 1 is 1.10 bits per heavy atom. The Balaban J connectivity index is 1.53. The lowest BCUT2D eigenvalue weighted by Gasteiger charge is -2.24. The van der Waals surface area contributed by atoms with Crippen LogP contribution in [0.2, 0.25) is 0 Å². The molecule has 154 valence electrons. The number of likely N-dealkylation sites (N-methyl/N-ethyl adjacent to an activating group) is 1. The van der Waals surface area contributed by atoms with Gasteiger partial charge in [-0.05, 0) is 42.4 Å². The number of nitrogens with zero attached hydrogens (tertiary/aromatic N) is 2. The Labute approximate surface area is 176 Å². The Hall–Kier alpha value is -3.21. The highest BCUT2D eigenvalue weighted by Crippen LogP contribution is 2.32. The second-order valence-corrected chi connectivity index (χ2v) is 8.09. The molecule has 1 atom stereocenters. The average Bonchev–Trinajstić information content (AvgIpc) is 2.76. The molecule has 0 bridgehead atoms. The number of hydrogen-bond donors (Lipinski definition) is 0. The molecule has 1 heterocycles. The van der Waals surface area contributed by atoms with Gasteiger partial charge in [-0.1, -0.05) is 55.5 Å². The van der Waals surface area contributed by atoms with Crippen molar-refractivity contribution in [2.45, 2.75) is 32.7 Å². The van der Waals surface area contributed by atoms with E-state index in [4.69, 9.17) is 9.72 Å². The van der Waals surface area contributed by atoms with Crippen LogP contribution in [-0.4, -0.2) is 35.4 Å². The number of benzene rings is 2. The van der Waals surface area contributed by atoms with Gasteiger partial charge in [-0.2, -0.15) is 0 Å². The molecule has 1 aromatic heterocycles. The van der Waals surface area contributed by atoms with Crippen LogP contribution >= 0.6 is 0 Å². The van der Waals surface area contributed by atoms with Crippen LogP contribution in [0.1, 0.15) is 40.5 Å². The van der Waals surface area contributed by atoms with Gasteiger partial charge < -0.3 is 9.64 Å². The molecule has 5 heteroatoms. The lowest BCUT2D eigenvalue weighted by Crippen LogP contribution is -2.31. The lowest BCUT2D eigenvalue weighted by atomic mass is 9.84. The van der Waals surface area contributed by atoms with Crippen LogP contribution in [0.25, 0.3) is 10.9 Å². The van der Waals surface area contributed by atoms with E-state index in [0.717, 1.165) is 47.0 Å². The van der Waals surface area contributed by atoms with E-state index in [1.807, 2.05) is 54.6 Å². The molecule has 0 aliphatic heterocycles. The van der Waals surface area contributed by atoms with Crippen LogP contribution in [-0.2, 0) is 28.9 Å². The van der Waals surface area contributed by atoms with Crippen molar-refractivity contribution in [3.8, 4) is 0 Å². The van der Waals surface area contributed by atoms with Gasteiger partial charge in [0.15, 0.2) is 6.61 Å². The molecule has 0 saturated carbocycles. The van der Waals surface area contributed by atoms with Gasteiger partial charge in [-0.25, -0.2) is 4.79 Å². The zero-order valence-corrected chi connectivity index (χ0v) is 17.4.